The predicted molar refractivity (Wildman–Crippen MR) is 121 cm³/mol. The number of ether oxygens (including phenoxy) is 2. The van der Waals surface area contributed by atoms with E-state index in [0.29, 0.717) is 33.8 Å². The van der Waals surface area contributed by atoms with Gasteiger partial charge in [-0.15, -0.1) is 0 Å². The summed E-state index contributed by atoms with van der Waals surface area (Å²) in [6.45, 7) is 0.369. The SMILES string of the molecule is COc1cccc(C(=O)N(Cc2ccccc2)c2nc3ccc(Cl)cc3s2)c1OC. The normalized spacial score (nSPS) is 10.8. The lowest BCUT2D eigenvalue weighted by atomic mass is 10.1. The molecule has 0 atom stereocenters. The fourth-order valence-electron chi connectivity index (χ4n) is 3.19. The fraction of sp³-hybridized carbons (Fsp3) is 0.130. The van der Waals surface area contributed by atoms with Gasteiger partial charge >= 0.3 is 0 Å². The summed E-state index contributed by atoms with van der Waals surface area (Å²) in [5.41, 5.74) is 2.19. The van der Waals surface area contributed by atoms with Crippen LogP contribution >= 0.6 is 22.9 Å². The van der Waals surface area contributed by atoms with E-state index in [4.69, 9.17) is 21.1 Å². The maximum absolute atomic E-state index is 13.7. The molecule has 1 heterocycles. The molecule has 0 saturated carbocycles. The number of methoxy groups -OCH3 is 2. The molecule has 0 aliphatic rings. The molecule has 4 rings (SSSR count). The lowest BCUT2D eigenvalue weighted by Gasteiger charge is -2.22. The molecular weight excluding hydrogens is 420 g/mol. The number of carbonyl (C=O) groups excluding carboxylic acids is 1. The van der Waals surface area contributed by atoms with E-state index in [1.807, 2.05) is 42.5 Å². The third-order valence-electron chi connectivity index (χ3n) is 4.63. The highest BCUT2D eigenvalue weighted by Gasteiger charge is 2.26. The van der Waals surface area contributed by atoms with Crippen molar-refractivity contribution in [1.29, 1.82) is 0 Å². The van der Waals surface area contributed by atoms with Crippen LogP contribution in [0, 0.1) is 0 Å². The molecule has 0 radical (unpaired) electrons. The summed E-state index contributed by atoms with van der Waals surface area (Å²) in [6, 6.07) is 20.6. The largest absolute Gasteiger partial charge is 0.493 e. The summed E-state index contributed by atoms with van der Waals surface area (Å²) < 4.78 is 11.8. The minimum Gasteiger partial charge on any atom is -0.493 e. The number of fused-ring (bicyclic) bond motifs is 1. The second kappa shape index (κ2) is 8.73. The Labute approximate surface area is 183 Å². The van der Waals surface area contributed by atoms with E-state index < -0.39 is 0 Å². The minimum absolute atomic E-state index is 0.222. The quantitative estimate of drug-likeness (QED) is 0.381. The highest BCUT2D eigenvalue weighted by Crippen LogP contribution is 2.36. The molecule has 0 unspecified atom stereocenters. The summed E-state index contributed by atoms with van der Waals surface area (Å²) >= 11 is 7.56. The van der Waals surface area contributed by atoms with Gasteiger partial charge in [0.05, 0.1) is 36.5 Å². The van der Waals surface area contributed by atoms with E-state index in [0.717, 1.165) is 15.8 Å². The van der Waals surface area contributed by atoms with Crippen LogP contribution in [0.2, 0.25) is 5.02 Å². The third-order valence-corrected chi connectivity index (χ3v) is 5.91. The molecule has 0 spiro atoms. The van der Waals surface area contributed by atoms with Gasteiger partial charge in [0, 0.05) is 5.02 Å². The van der Waals surface area contributed by atoms with Gasteiger partial charge < -0.3 is 9.47 Å². The van der Waals surface area contributed by atoms with Crippen molar-refractivity contribution in [1.82, 2.24) is 4.98 Å². The molecule has 1 aromatic heterocycles. The predicted octanol–water partition coefficient (Wildman–Crippen LogP) is 5.81. The lowest BCUT2D eigenvalue weighted by Crippen LogP contribution is -2.30. The number of amides is 1. The molecule has 5 nitrogen and oxygen atoms in total. The maximum Gasteiger partial charge on any atom is 0.264 e. The van der Waals surface area contributed by atoms with Crippen LogP contribution in [0.25, 0.3) is 10.2 Å². The topological polar surface area (TPSA) is 51.7 Å². The average molecular weight is 439 g/mol. The van der Waals surface area contributed by atoms with Gasteiger partial charge in [-0.25, -0.2) is 4.98 Å². The number of para-hydroxylation sites is 1. The van der Waals surface area contributed by atoms with Crippen LogP contribution in [-0.2, 0) is 6.54 Å². The zero-order valence-corrected chi connectivity index (χ0v) is 18.0. The second-order valence-corrected chi connectivity index (χ2v) is 7.97. The molecule has 0 aliphatic heterocycles. The van der Waals surface area contributed by atoms with E-state index in [1.54, 1.807) is 36.3 Å². The number of hydrogen-bond acceptors (Lipinski definition) is 5. The minimum atomic E-state index is -0.222. The first-order valence-corrected chi connectivity index (χ1v) is 10.4. The number of rotatable bonds is 6. The van der Waals surface area contributed by atoms with E-state index in [2.05, 4.69) is 4.98 Å². The van der Waals surface area contributed by atoms with Gasteiger partial charge in [0.15, 0.2) is 16.6 Å². The van der Waals surface area contributed by atoms with Crippen molar-refractivity contribution in [2.45, 2.75) is 6.54 Å². The van der Waals surface area contributed by atoms with Crippen LogP contribution < -0.4 is 14.4 Å². The lowest BCUT2D eigenvalue weighted by molar-refractivity contribution is 0.0981. The van der Waals surface area contributed by atoms with Gasteiger partial charge in [-0.05, 0) is 35.9 Å². The molecule has 0 aliphatic carbocycles. The van der Waals surface area contributed by atoms with Gasteiger partial charge in [0.25, 0.3) is 5.91 Å². The number of anilines is 1. The standard InChI is InChI=1S/C23H19ClN2O3S/c1-28-19-10-6-9-17(21(19)29-2)22(27)26(14-15-7-4-3-5-8-15)23-25-18-12-11-16(24)13-20(18)30-23/h3-13H,14H2,1-2H3. The highest BCUT2D eigenvalue weighted by molar-refractivity contribution is 7.22. The molecule has 0 N–H and O–H groups in total. The Morgan fingerprint density at radius 1 is 1.03 bits per heavy atom. The first-order chi connectivity index (χ1) is 14.6. The van der Waals surface area contributed by atoms with E-state index >= 15 is 0 Å². The molecular formula is C23H19ClN2O3S. The molecule has 1 amide bonds. The highest BCUT2D eigenvalue weighted by atomic mass is 35.5. The Kier molecular flexibility index (Phi) is 5.88. The monoisotopic (exact) mass is 438 g/mol. The smallest absolute Gasteiger partial charge is 0.264 e. The Morgan fingerprint density at radius 2 is 1.83 bits per heavy atom. The van der Waals surface area contributed by atoms with Crippen molar-refractivity contribution in [2.75, 3.05) is 19.1 Å². The Hall–Kier alpha value is -3.09. The van der Waals surface area contributed by atoms with Crippen LogP contribution in [0.15, 0.2) is 66.7 Å². The van der Waals surface area contributed by atoms with Crippen molar-refractivity contribution >= 4 is 44.2 Å². The van der Waals surface area contributed by atoms with Crippen LogP contribution in [0.3, 0.4) is 0 Å². The fourth-order valence-corrected chi connectivity index (χ4v) is 4.43. The van der Waals surface area contributed by atoms with Crippen LogP contribution in [0.4, 0.5) is 5.13 Å². The first kappa shape index (κ1) is 20.2. The van der Waals surface area contributed by atoms with Crippen molar-refractivity contribution in [3.8, 4) is 11.5 Å². The number of benzene rings is 3. The van der Waals surface area contributed by atoms with Crippen molar-refractivity contribution in [2.24, 2.45) is 0 Å². The zero-order chi connectivity index (χ0) is 21.1. The van der Waals surface area contributed by atoms with Crippen molar-refractivity contribution in [3.05, 3.63) is 82.9 Å². The van der Waals surface area contributed by atoms with Crippen LogP contribution in [0.5, 0.6) is 11.5 Å². The van der Waals surface area contributed by atoms with Gasteiger partial charge in [-0.3, -0.25) is 9.69 Å². The van der Waals surface area contributed by atoms with E-state index in [9.17, 15) is 4.79 Å². The number of carbonyl (C=O) groups is 1. The van der Waals surface area contributed by atoms with Crippen molar-refractivity contribution in [3.63, 3.8) is 0 Å². The van der Waals surface area contributed by atoms with Gasteiger partial charge in [0.1, 0.15) is 0 Å². The van der Waals surface area contributed by atoms with Gasteiger partial charge in [0.2, 0.25) is 0 Å². The number of hydrogen-bond donors (Lipinski definition) is 0. The average Bonchev–Trinajstić information content (AvgIpc) is 3.19. The van der Waals surface area contributed by atoms with Gasteiger partial charge in [-0.1, -0.05) is 59.3 Å². The summed E-state index contributed by atoms with van der Waals surface area (Å²) in [6.07, 6.45) is 0. The van der Waals surface area contributed by atoms with Gasteiger partial charge in [-0.2, -0.15) is 0 Å². The number of nitrogens with zero attached hydrogens (tertiary/aromatic N) is 2. The maximum atomic E-state index is 13.7. The molecule has 3 aromatic carbocycles. The number of thiazole rings is 1. The molecule has 0 saturated heterocycles. The Balaban J connectivity index is 1.81. The Morgan fingerprint density at radius 3 is 2.57 bits per heavy atom. The molecule has 0 fully saturated rings. The summed E-state index contributed by atoms with van der Waals surface area (Å²) in [4.78, 5) is 20.0. The van der Waals surface area contributed by atoms with Crippen LogP contribution in [0.1, 0.15) is 15.9 Å². The summed E-state index contributed by atoms with van der Waals surface area (Å²) in [5.74, 6) is 0.672. The molecule has 4 aromatic rings. The number of halogens is 1. The molecule has 30 heavy (non-hydrogen) atoms. The summed E-state index contributed by atoms with van der Waals surface area (Å²) in [7, 11) is 3.07. The van der Waals surface area contributed by atoms with Crippen molar-refractivity contribution < 1.29 is 14.3 Å². The molecule has 152 valence electrons. The third kappa shape index (κ3) is 3.97. The first-order valence-electron chi connectivity index (χ1n) is 9.23. The van der Waals surface area contributed by atoms with E-state index in [1.165, 1.54) is 18.4 Å². The second-order valence-electron chi connectivity index (χ2n) is 6.53. The zero-order valence-electron chi connectivity index (χ0n) is 16.5. The summed E-state index contributed by atoms with van der Waals surface area (Å²) in [5, 5.41) is 1.22. The van der Waals surface area contributed by atoms with E-state index in [-0.39, 0.29) is 5.91 Å². The number of aromatic nitrogens is 1. The molecule has 7 heteroatoms. The van der Waals surface area contributed by atoms with Crippen LogP contribution in [-0.4, -0.2) is 25.1 Å². The molecule has 0 bridgehead atoms. The Bertz CT molecular complexity index is 1190.